The van der Waals surface area contributed by atoms with Gasteiger partial charge >= 0.3 is 0 Å². The number of nitrogens with zero attached hydrogens (tertiary/aromatic N) is 6. The molecule has 5 rings (SSSR count). The molecule has 2 fully saturated rings. The highest BCUT2D eigenvalue weighted by atomic mass is 16.5. The van der Waals surface area contributed by atoms with E-state index >= 15 is 0 Å². The Hall–Kier alpha value is -3.69. The van der Waals surface area contributed by atoms with Crippen molar-refractivity contribution in [3.63, 3.8) is 0 Å². The lowest BCUT2D eigenvalue weighted by molar-refractivity contribution is -0.132. The first-order valence-electron chi connectivity index (χ1n) is 11.3. The van der Waals surface area contributed by atoms with Crippen molar-refractivity contribution in [3.05, 3.63) is 42.2 Å². The highest BCUT2D eigenvalue weighted by Crippen LogP contribution is 2.33. The largest absolute Gasteiger partial charge is 0.482 e. The van der Waals surface area contributed by atoms with Gasteiger partial charge in [0.25, 0.3) is 11.8 Å². The zero-order valence-electron chi connectivity index (χ0n) is 18.4. The highest BCUT2D eigenvalue weighted by Gasteiger charge is 2.31. The molecule has 3 amide bonds. The number of likely N-dealkylation sites (tertiary alicyclic amines) is 1. The highest BCUT2D eigenvalue weighted by molar-refractivity contribution is 6.04. The number of benzene rings is 1. The molecule has 0 bridgehead atoms. The van der Waals surface area contributed by atoms with Gasteiger partial charge in [0.2, 0.25) is 11.9 Å². The van der Waals surface area contributed by atoms with E-state index in [1.807, 2.05) is 9.80 Å². The molecule has 4 heterocycles. The van der Waals surface area contributed by atoms with Gasteiger partial charge in [0, 0.05) is 57.2 Å². The van der Waals surface area contributed by atoms with E-state index in [-0.39, 0.29) is 30.9 Å². The van der Waals surface area contributed by atoms with Gasteiger partial charge in [-0.3, -0.25) is 19.3 Å². The number of carbonyl (C=O) groups is 3. The molecule has 0 unspecified atom stereocenters. The topological polar surface area (TPSA) is 99.2 Å². The van der Waals surface area contributed by atoms with Crippen LogP contribution >= 0.6 is 0 Å². The number of amides is 3. The molecule has 172 valence electrons. The smallest absolute Gasteiger partial charge is 0.265 e. The van der Waals surface area contributed by atoms with Gasteiger partial charge in [-0.25, -0.2) is 9.97 Å². The second kappa shape index (κ2) is 9.05. The lowest BCUT2D eigenvalue weighted by Gasteiger charge is -2.36. The number of ether oxygens (including phenoxy) is 1. The van der Waals surface area contributed by atoms with Gasteiger partial charge in [-0.2, -0.15) is 0 Å². The van der Waals surface area contributed by atoms with Gasteiger partial charge < -0.3 is 19.4 Å². The zero-order chi connectivity index (χ0) is 22.8. The molecule has 1 aromatic carbocycles. The van der Waals surface area contributed by atoms with Crippen molar-refractivity contribution in [1.82, 2.24) is 19.8 Å². The lowest BCUT2D eigenvalue weighted by Crippen LogP contribution is -2.53. The van der Waals surface area contributed by atoms with E-state index in [0.717, 1.165) is 25.9 Å². The van der Waals surface area contributed by atoms with E-state index in [1.165, 1.54) is 4.90 Å². The Labute approximate surface area is 191 Å². The summed E-state index contributed by atoms with van der Waals surface area (Å²) in [4.78, 5) is 54.1. The monoisotopic (exact) mass is 450 g/mol. The van der Waals surface area contributed by atoms with Crippen LogP contribution in [0.4, 0.5) is 11.6 Å². The first-order valence-corrected chi connectivity index (χ1v) is 11.3. The van der Waals surface area contributed by atoms with Gasteiger partial charge in [-0.1, -0.05) is 0 Å². The summed E-state index contributed by atoms with van der Waals surface area (Å²) in [5, 5.41) is 0. The number of fused-ring (bicyclic) bond motifs is 1. The molecular formula is C23H26N6O4. The Morgan fingerprint density at radius 2 is 1.67 bits per heavy atom. The van der Waals surface area contributed by atoms with E-state index in [1.54, 1.807) is 41.6 Å². The molecule has 0 atom stereocenters. The molecule has 0 N–H and O–H groups in total. The number of aromatic nitrogens is 2. The molecule has 1 aromatic heterocycles. The number of hydrogen-bond acceptors (Lipinski definition) is 7. The van der Waals surface area contributed by atoms with Crippen LogP contribution in [0.25, 0.3) is 0 Å². The van der Waals surface area contributed by atoms with Crippen LogP contribution in [0.3, 0.4) is 0 Å². The van der Waals surface area contributed by atoms with Gasteiger partial charge in [0.05, 0.1) is 5.69 Å². The summed E-state index contributed by atoms with van der Waals surface area (Å²) in [6.07, 6.45) is 5.40. The number of anilines is 2. The first kappa shape index (κ1) is 21.2. The molecule has 0 aliphatic carbocycles. The van der Waals surface area contributed by atoms with Crippen LogP contribution in [0.1, 0.15) is 23.2 Å². The Morgan fingerprint density at radius 3 is 2.39 bits per heavy atom. The van der Waals surface area contributed by atoms with E-state index in [4.69, 9.17) is 4.74 Å². The summed E-state index contributed by atoms with van der Waals surface area (Å²) >= 11 is 0. The summed E-state index contributed by atoms with van der Waals surface area (Å²) in [5.74, 6) is 0.668. The lowest BCUT2D eigenvalue weighted by atomic mass is 10.1. The van der Waals surface area contributed by atoms with E-state index < -0.39 is 0 Å². The van der Waals surface area contributed by atoms with E-state index in [9.17, 15) is 14.4 Å². The molecule has 0 radical (unpaired) electrons. The molecule has 2 aromatic rings. The number of piperazine rings is 1. The number of hydrogen-bond donors (Lipinski definition) is 0. The zero-order valence-corrected chi connectivity index (χ0v) is 18.4. The minimum Gasteiger partial charge on any atom is -0.482 e. The summed E-state index contributed by atoms with van der Waals surface area (Å²) in [6.45, 7) is 3.57. The average Bonchev–Trinajstić information content (AvgIpc) is 3.41. The van der Waals surface area contributed by atoms with E-state index in [0.29, 0.717) is 49.1 Å². The third-order valence-corrected chi connectivity index (χ3v) is 6.30. The maximum atomic E-state index is 13.1. The third kappa shape index (κ3) is 4.33. The molecule has 3 aliphatic heterocycles. The maximum Gasteiger partial charge on any atom is 0.265 e. The summed E-state index contributed by atoms with van der Waals surface area (Å²) in [7, 11) is 0. The van der Waals surface area contributed by atoms with Crippen LogP contribution in [-0.2, 0) is 9.59 Å². The third-order valence-electron chi connectivity index (χ3n) is 6.30. The van der Waals surface area contributed by atoms with Gasteiger partial charge in [0.15, 0.2) is 6.61 Å². The fourth-order valence-corrected chi connectivity index (χ4v) is 4.46. The molecule has 0 spiro atoms. The van der Waals surface area contributed by atoms with Crippen molar-refractivity contribution in [2.24, 2.45) is 0 Å². The van der Waals surface area contributed by atoms with Crippen LogP contribution in [0, 0.1) is 0 Å². The molecule has 10 heteroatoms. The summed E-state index contributed by atoms with van der Waals surface area (Å²) in [5.41, 5.74) is 0.976. The number of carbonyl (C=O) groups excluding carboxylic acids is 3. The van der Waals surface area contributed by atoms with Gasteiger partial charge in [0.1, 0.15) is 12.3 Å². The van der Waals surface area contributed by atoms with Crippen LogP contribution in [0.5, 0.6) is 5.75 Å². The fraction of sp³-hybridized carbons (Fsp3) is 0.435. The Kier molecular flexibility index (Phi) is 5.80. The minimum atomic E-state index is -0.294. The van der Waals surface area contributed by atoms with Crippen LogP contribution in [0.15, 0.2) is 36.7 Å². The molecule has 10 nitrogen and oxygen atoms in total. The molecule has 33 heavy (non-hydrogen) atoms. The Morgan fingerprint density at radius 1 is 0.939 bits per heavy atom. The minimum absolute atomic E-state index is 0.0566. The Balaban J connectivity index is 1.28. The van der Waals surface area contributed by atoms with Crippen LogP contribution in [0.2, 0.25) is 0 Å². The first-order chi connectivity index (χ1) is 16.1. The van der Waals surface area contributed by atoms with Crippen molar-refractivity contribution in [2.75, 3.05) is 62.2 Å². The van der Waals surface area contributed by atoms with Gasteiger partial charge in [-0.15, -0.1) is 0 Å². The van der Waals surface area contributed by atoms with Gasteiger partial charge in [-0.05, 0) is 37.1 Å². The SMILES string of the molecule is O=C(CN1C(=O)COc2ccc(C(=O)N3CCCC3)cc21)N1CCN(c2ncccn2)CC1. The number of rotatable bonds is 4. The molecule has 2 saturated heterocycles. The maximum absolute atomic E-state index is 13.1. The van der Waals surface area contributed by atoms with Crippen molar-refractivity contribution in [1.29, 1.82) is 0 Å². The fourth-order valence-electron chi connectivity index (χ4n) is 4.46. The average molecular weight is 450 g/mol. The van der Waals surface area contributed by atoms with Crippen molar-refractivity contribution in [2.45, 2.75) is 12.8 Å². The van der Waals surface area contributed by atoms with Crippen molar-refractivity contribution >= 4 is 29.4 Å². The predicted molar refractivity (Wildman–Crippen MR) is 120 cm³/mol. The second-order valence-corrected chi connectivity index (χ2v) is 8.37. The van der Waals surface area contributed by atoms with Crippen molar-refractivity contribution in [3.8, 4) is 5.75 Å². The van der Waals surface area contributed by atoms with Crippen molar-refractivity contribution < 1.29 is 19.1 Å². The summed E-state index contributed by atoms with van der Waals surface area (Å²) < 4.78 is 5.55. The quantitative estimate of drug-likeness (QED) is 0.679. The second-order valence-electron chi connectivity index (χ2n) is 8.37. The Bertz CT molecular complexity index is 1050. The van der Waals surface area contributed by atoms with Crippen LogP contribution in [-0.4, -0.2) is 89.9 Å². The normalized spacial score (nSPS) is 18.2. The molecule has 3 aliphatic rings. The molecular weight excluding hydrogens is 424 g/mol. The van der Waals surface area contributed by atoms with Crippen LogP contribution < -0.4 is 14.5 Å². The molecule has 0 saturated carbocycles. The standard InChI is InChI=1S/C23H26N6O4/c30-20(26-10-12-28(13-11-26)23-24-6-3-7-25-23)15-29-18-14-17(22(32)27-8-1-2-9-27)4-5-19(18)33-16-21(29)31/h3-7,14H,1-2,8-13,15-16H2. The predicted octanol–water partition coefficient (Wildman–Crippen LogP) is 0.787. The van der Waals surface area contributed by atoms with E-state index in [2.05, 4.69) is 9.97 Å². The summed E-state index contributed by atoms with van der Waals surface area (Å²) in [6, 6.07) is 6.87.